The van der Waals surface area contributed by atoms with Crippen LogP contribution in [0.3, 0.4) is 0 Å². The van der Waals surface area contributed by atoms with Gasteiger partial charge in [0.2, 0.25) is 10.0 Å². The van der Waals surface area contributed by atoms with E-state index in [1.807, 2.05) is 0 Å². The van der Waals surface area contributed by atoms with Crippen LogP contribution in [0, 0.1) is 13.8 Å². The van der Waals surface area contributed by atoms with Gasteiger partial charge in [0.15, 0.2) is 0 Å². The monoisotopic (exact) mass is 304 g/mol. The average molecular weight is 304 g/mol. The second kappa shape index (κ2) is 5.18. The molecule has 106 valence electrons. The van der Waals surface area contributed by atoms with Crippen molar-refractivity contribution < 1.29 is 18.3 Å². The molecule has 0 radical (unpaired) electrons. The van der Waals surface area contributed by atoms with Gasteiger partial charge in [-0.1, -0.05) is 0 Å². The number of hydrogen-bond acceptors (Lipinski definition) is 4. The van der Waals surface area contributed by atoms with E-state index in [1.54, 1.807) is 18.7 Å². The number of aromatic amines is 1. The molecule has 6 nitrogen and oxygen atoms in total. The number of carboxylic acid groups (broad SMARTS) is 1. The minimum Gasteiger partial charge on any atom is -0.477 e. The lowest BCUT2D eigenvalue weighted by atomic mass is 10.2. The Balaban J connectivity index is 2.48. The van der Waals surface area contributed by atoms with Crippen LogP contribution in [0.1, 0.15) is 21.7 Å². The van der Waals surface area contributed by atoms with Gasteiger partial charge in [-0.3, -0.25) is 0 Å². The zero-order valence-electron chi connectivity index (χ0n) is 10.8. The van der Waals surface area contributed by atoms with E-state index >= 15 is 0 Å². The molecular formula is C11H16N2O4S2. The summed E-state index contributed by atoms with van der Waals surface area (Å²) in [6.07, 6.45) is 0. The van der Waals surface area contributed by atoms with Crippen LogP contribution in [0.25, 0.3) is 0 Å². The van der Waals surface area contributed by atoms with Gasteiger partial charge in [0.1, 0.15) is 10.6 Å². The number of sulfonamides is 1. The number of rotatable bonds is 3. The molecule has 2 rings (SSSR count). The predicted molar refractivity (Wildman–Crippen MR) is 73.3 cm³/mol. The van der Waals surface area contributed by atoms with Gasteiger partial charge < -0.3 is 10.1 Å². The minimum absolute atomic E-state index is 0.0533. The molecule has 0 unspecified atom stereocenters. The molecular weight excluding hydrogens is 288 g/mol. The third-order valence-electron chi connectivity index (χ3n) is 3.15. The molecule has 1 aliphatic rings. The average Bonchev–Trinajstić information content (AvgIpc) is 2.66. The Morgan fingerprint density at radius 2 is 1.89 bits per heavy atom. The summed E-state index contributed by atoms with van der Waals surface area (Å²) >= 11 is 1.72. The summed E-state index contributed by atoms with van der Waals surface area (Å²) < 4.78 is 26.6. The van der Waals surface area contributed by atoms with Crippen molar-refractivity contribution in [2.24, 2.45) is 0 Å². The highest BCUT2D eigenvalue weighted by Crippen LogP contribution is 2.27. The van der Waals surface area contributed by atoms with E-state index in [2.05, 4.69) is 4.98 Å². The van der Waals surface area contributed by atoms with Gasteiger partial charge in [0.25, 0.3) is 0 Å². The maximum atomic E-state index is 12.6. The molecule has 19 heavy (non-hydrogen) atoms. The van der Waals surface area contributed by atoms with Crippen molar-refractivity contribution in [2.75, 3.05) is 24.6 Å². The zero-order valence-corrected chi connectivity index (χ0v) is 12.4. The molecule has 1 aromatic heterocycles. The number of nitrogens with one attached hydrogen (secondary N) is 1. The third-order valence-corrected chi connectivity index (χ3v) is 6.27. The van der Waals surface area contributed by atoms with Gasteiger partial charge in [-0.05, 0) is 13.8 Å². The first kappa shape index (κ1) is 14.4. The largest absolute Gasteiger partial charge is 0.477 e. The summed E-state index contributed by atoms with van der Waals surface area (Å²) in [6.45, 7) is 4.06. The lowest BCUT2D eigenvalue weighted by Crippen LogP contribution is -2.38. The van der Waals surface area contributed by atoms with Crippen molar-refractivity contribution in [1.82, 2.24) is 9.29 Å². The van der Waals surface area contributed by atoms with Crippen LogP contribution in [-0.2, 0) is 10.0 Å². The van der Waals surface area contributed by atoms with Crippen LogP contribution in [0.5, 0.6) is 0 Å². The molecule has 1 aromatic rings. The summed E-state index contributed by atoms with van der Waals surface area (Å²) in [5, 5.41) is 9.04. The zero-order chi connectivity index (χ0) is 14.2. The summed E-state index contributed by atoms with van der Waals surface area (Å²) in [7, 11) is -3.61. The Labute approximate surface area is 116 Å². The van der Waals surface area contributed by atoms with Crippen molar-refractivity contribution in [3.8, 4) is 0 Å². The Bertz CT molecular complexity index is 600. The van der Waals surface area contributed by atoms with Crippen LogP contribution < -0.4 is 0 Å². The summed E-state index contributed by atoms with van der Waals surface area (Å²) in [5.41, 5.74) is 0.610. The molecule has 0 bridgehead atoms. The smallest absolute Gasteiger partial charge is 0.352 e. The SMILES string of the molecule is Cc1[nH]c(C(=O)O)c(C)c1S(=O)(=O)N1CCSCC1. The summed E-state index contributed by atoms with van der Waals surface area (Å²) in [5.74, 6) is 0.400. The van der Waals surface area contributed by atoms with Crippen molar-refractivity contribution in [3.63, 3.8) is 0 Å². The predicted octanol–water partition coefficient (Wildman–Crippen LogP) is 1.07. The highest BCUT2D eigenvalue weighted by Gasteiger charge is 2.32. The van der Waals surface area contributed by atoms with Crippen LogP contribution in [0.15, 0.2) is 4.90 Å². The fourth-order valence-electron chi connectivity index (χ4n) is 2.25. The number of hydrogen-bond donors (Lipinski definition) is 2. The van der Waals surface area contributed by atoms with Gasteiger partial charge in [0, 0.05) is 35.9 Å². The van der Waals surface area contributed by atoms with E-state index in [-0.39, 0.29) is 16.2 Å². The highest BCUT2D eigenvalue weighted by molar-refractivity contribution is 7.99. The van der Waals surface area contributed by atoms with Gasteiger partial charge in [0.05, 0.1) is 0 Å². The Morgan fingerprint density at radius 1 is 1.32 bits per heavy atom. The number of aromatic nitrogens is 1. The first-order valence-corrected chi connectivity index (χ1v) is 8.45. The number of carboxylic acids is 1. The maximum Gasteiger partial charge on any atom is 0.352 e. The van der Waals surface area contributed by atoms with E-state index in [1.165, 1.54) is 11.2 Å². The molecule has 0 saturated carbocycles. The minimum atomic E-state index is -3.61. The quantitative estimate of drug-likeness (QED) is 0.871. The third kappa shape index (κ3) is 2.52. The number of nitrogens with zero attached hydrogens (tertiary/aromatic N) is 1. The summed E-state index contributed by atoms with van der Waals surface area (Å²) in [4.78, 5) is 13.8. The van der Waals surface area contributed by atoms with Crippen LogP contribution >= 0.6 is 11.8 Å². The van der Waals surface area contributed by atoms with Crippen LogP contribution in [0.2, 0.25) is 0 Å². The van der Waals surface area contributed by atoms with Crippen molar-refractivity contribution in [2.45, 2.75) is 18.7 Å². The molecule has 0 aromatic carbocycles. The number of aryl methyl sites for hydroxylation is 1. The van der Waals surface area contributed by atoms with Crippen molar-refractivity contribution >= 4 is 27.8 Å². The first-order valence-electron chi connectivity index (χ1n) is 5.86. The fraction of sp³-hybridized carbons (Fsp3) is 0.545. The number of thioether (sulfide) groups is 1. The highest BCUT2D eigenvalue weighted by atomic mass is 32.2. The lowest BCUT2D eigenvalue weighted by molar-refractivity contribution is 0.0690. The van der Waals surface area contributed by atoms with Gasteiger partial charge in [-0.2, -0.15) is 16.1 Å². The Morgan fingerprint density at radius 3 is 2.37 bits per heavy atom. The fourth-order valence-corrected chi connectivity index (χ4v) is 5.23. The normalized spacial score (nSPS) is 17.6. The molecule has 1 aliphatic heterocycles. The molecule has 0 spiro atoms. The van der Waals surface area contributed by atoms with E-state index in [4.69, 9.17) is 5.11 Å². The van der Waals surface area contributed by atoms with Crippen LogP contribution in [-0.4, -0.2) is 53.4 Å². The molecule has 0 aliphatic carbocycles. The molecule has 2 N–H and O–H groups in total. The lowest BCUT2D eigenvalue weighted by Gasteiger charge is -2.25. The van der Waals surface area contributed by atoms with Crippen molar-refractivity contribution in [1.29, 1.82) is 0 Å². The topological polar surface area (TPSA) is 90.5 Å². The number of H-pyrrole nitrogens is 1. The van der Waals surface area contributed by atoms with Gasteiger partial charge in [-0.15, -0.1) is 0 Å². The number of carbonyl (C=O) groups is 1. The second-order valence-corrected chi connectivity index (χ2v) is 7.50. The number of aromatic carboxylic acids is 1. The van der Waals surface area contributed by atoms with E-state index in [9.17, 15) is 13.2 Å². The Hall–Kier alpha value is -0.990. The second-order valence-electron chi connectivity index (χ2n) is 4.40. The van der Waals surface area contributed by atoms with Gasteiger partial charge >= 0.3 is 5.97 Å². The molecule has 0 amide bonds. The molecule has 0 atom stereocenters. The molecule has 1 fully saturated rings. The molecule has 2 heterocycles. The van der Waals surface area contributed by atoms with E-state index in [0.717, 1.165) is 11.5 Å². The van der Waals surface area contributed by atoms with Gasteiger partial charge in [-0.25, -0.2) is 13.2 Å². The maximum absolute atomic E-state index is 12.6. The van der Waals surface area contributed by atoms with Crippen LogP contribution in [0.4, 0.5) is 0 Å². The first-order chi connectivity index (χ1) is 8.85. The van der Waals surface area contributed by atoms with E-state index in [0.29, 0.717) is 18.8 Å². The summed E-state index contributed by atoms with van der Waals surface area (Å²) in [6, 6.07) is 0. The molecule has 8 heteroatoms. The van der Waals surface area contributed by atoms with E-state index < -0.39 is 16.0 Å². The molecule has 1 saturated heterocycles. The Kier molecular flexibility index (Phi) is 3.93. The standard InChI is InChI=1S/C11H16N2O4S2/c1-7-9(11(14)15)12-8(2)10(7)19(16,17)13-3-5-18-6-4-13/h12H,3-6H2,1-2H3,(H,14,15). The van der Waals surface area contributed by atoms with Crippen molar-refractivity contribution in [3.05, 3.63) is 17.0 Å².